The lowest BCUT2D eigenvalue weighted by Crippen LogP contribution is -1.97. The van der Waals surface area contributed by atoms with Gasteiger partial charge in [0.1, 0.15) is 11.5 Å². The van der Waals surface area contributed by atoms with E-state index in [-0.39, 0.29) is 0 Å². The van der Waals surface area contributed by atoms with Gasteiger partial charge in [-0.1, -0.05) is 44.0 Å². The summed E-state index contributed by atoms with van der Waals surface area (Å²) >= 11 is 0. The summed E-state index contributed by atoms with van der Waals surface area (Å²) in [6.45, 7) is 5.74. The second kappa shape index (κ2) is 11.1. The fourth-order valence-electron chi connectivity index (χ4n) is 2.10. The van der Waals surface area contributed by atoms with E-state index in [1.165, 1.54) is 0 Å². The molecule has 0 saturated carbocycles. The Morgan fingerprint density at radius 2 is 1.48 bits per heavy atom. The van der Waals surface area contributed by atoms with Gasteiger partial charge < -0.3 is 9.47 Å². The Kier molecular flexibility index (Phi) is 8.32. The maximum absolute atomic E-state index is 5.69. The van der Waals surface area contributed by atoms with Gasteiger partial charge in [-0.3, -0.25) is 5.43 Å². The third kappa shape index (κ3) is 7.25. The van der Waals surface area contributed by atoms with Crippen LogP contribution in [0, 0.1) is 0 Å². The standard InChI is InChI=1S/C20H27N3O2/c1-3-5-13-24-19-11-7-9-17(15-19)21-23-22-18-10-8-12-20(16-18)25-14-6-4-2/h7-12,15-16H,3-6,13-14H2,1-2H3,(H,21,22). The summed E-state index contributed by atoms with van der Waals surface area (Å²) in [6, 6.07) is 15.3. The van der Waals surface area contributed by atoms with E-state index in [1.54, 1.807) is 0 Å². The number of unbranched alkanes of at least 4 members (excludes halogenated alkanes) is 2. The highest BCUT2D eigenvalue weighted by Crippen LogP contribution is 2.21. The Bertz CT molecular complexity index is 659. The van der Waals surface area contributed by atoms with Gasteiger partial charge in [-0.2, -0.15) is 0 Å². The Morgan fingerprint density at radius 1 is 0.840 bits per heavy atom. The third-order valence-corrected chi connectivity index (χ3v) is 3.53. The van der Waals surface area contributed by atoms with Gasteiger partial charge in [0.2, 0.25) is 0 Å². The molecule has 0 aliphatic carbocycles. The molecule has 0 saturated heterocycles. The molecule has 0 aliphatic heterocycles. The second-order valence-corrected chi connectivity index (χ2v) is 5.74. The molecule has 25 heavy (non-hydrogen) atoms. The van der Waals surface area contributed by atoms with Crippen LogP contribution in [0.3, 0.4) is 0 Å². The van der Waals surface area contributed by atoms with Crippen LogP contribution in [-0.2, 0) is 0 Å². The number of hydrogen-bond donors (Lipinski definition) is 1. The SMILES string of the molecule is CCCCOc1cccc(/N=N/Nc2cccc(OCCCC)c2)c1. The van der Waals surface area contributed by atoms with Gasteiger partial charge >= 0.3 is 0 Å². The van der Waals surface area contributed by atoms with Crippen LogP contribution in [0.1, 0.15) is 39.5 Å². The molecule has 134 valence electrons. The molecule has 1 N–H and O–H groups in total. The van der Waals surface area contributed by atoms with E-state index in [0.717, 1.165) is 61.8 Å². The smallest absolute Gasteiger partial charge is 0.121 e. The predicted octanol–water partition coefficient (Wildman–Crippen LogP) is 6.16. The molecular weight excluding hydrogens is 314 g/mol. The lowest BCUT2D eigenvalue weighted by molar-refractivity contribution is 0.309. The highest BCUT2D eigenvalue weighted by Gasteiger charge is 1.98. The summed E-state index contributed by atoms with van der Waals surface area (Å²) in [7, 11) is 0. The van der Waals surface area contributed by atoms with Gasteiger partial charge in [0.05, 0.1) is 24.6 Å². The number of rotatable bonds is 11. The molecule has 0 spiro atoms. The van der Waals surface area contributed by atoms with Crippen molar-refractivity contribution in [1.29, 1.82) is 0 Å². The topological polar surface area (TPSA) is 55.2 Å². The molecule has 5 heteroatoms. The van der Waals surface area contributed by atoms with Crippen molar-refractivity contribution in [3.8, 4) is 11.5 Å². The van der Waals surface area contributed by atoms with Crippen LogP contribution < -0.4 is 14.9 Å². The molecule has 2 aromatic carbocycles. The van der Waals surface area contributed by atoms with E-state index in [9.17, 15) is 0 Å². The van der Waals surface area contributed by atoms with Crippen molar-refractivity contribution >= 4 is 11.4 Å². The van der Waals surface area contributed by atoms with Gasteiger partial charge in [0, 0.05) is 12.1 Å². The van der Waals surface area contributed by atoms with E-state index in [1.807, 2.05) is 48.5 Å². The predicted molar refractivity (Wildman–Crippen MR) is 102 cm³/mol. The summed E-state index contributed by atoms with van der Waals surface area (Å²) in [5, 5.41) is 8.24. The quantitative estimate of drug-likeness (QED) is 0.303. The normalized spacial score (nSPS) is 10.8. The molecular formula is C20H27N3O2. The zero-order valence-corrected chi connectivity index (χ0v) is 15.1. The summed E-state index contributed by atoms with van der Waals surface area (Å²) in [5.74, 6) is 1.65. The maximum atomic E-state index is 5.69. The number of benzene rings is 2. The largest absolute Gasteiger partial charge is 0.494 e. The van der Waals surface area contributed by atoms with E-state index in [2.05, 4.69) is 29.6 Å². The highest BCUT2D eigenvalue weighted by atomic mass is 16.5. The zero-order valence-electron chi connectivity index (χ0n) is 15.1. The first-order valence-electron chi connectivity index (χ1n) is 8.94. The Labute approximate surface area is 150 Å². The third-order valence-electron chi connectivity index (χ3n) is 3.53. The van der Waals surface area contributed by atoms with Crippen molar-refractivity contribution in [1.82, 2.24) is 0 Å². The van der Waals surface area contributed by atoms with Crippen molar-refractivity contribution in [2.45, 2.75) is 39.5 Å². The minimum absolute atomic E-state index is 0.722. The average Bonchev–Trinajstić information content (AvgIpc) is 2.63. The molecule has 0 aliphatic rings. The number of nitrogens with zero attached hydrogens (tertiary/aromatic N) is 2. The van der Waals surface area contributed by atoms with Gasteiger partial charge in [-0.05, 0) is 37.1 Å². The number of nitrogens with one attached hydrogen (secondary N) is 1. The van der Waals surface area contributed by atoms with E-state index >= 15 is 0 Å². The average molecular weight is 341 g/mol. The van der Waals surface area contributed by atoms with Crippen molar-refractivity contribution in [2.75, 3.05) is 18.6 Å². The number of hydrogen-bond acceptors (Lipinski definition) is 4. The van der Waals surface area contributed by atoms with E-state index in [4.69, 9.17) is 9.47 Å². The van der Waals surface area contributed by atoms with Gasteiger partial charge in [0.15, 0.2) is 0 Å². The van der Waals surface area contributed by atoms with Crippen LogP contribution >= 0.6 is 0 Å². The highest BCUT2D eigenvalue weighted by molar-refractivity contribution is 5.48. The van der Waals surface area contributed by atoms with Crippen LogP contribution in [0.25, 0.3) is 0 Å². The fraction of sp³-hybridized carbons (Fsp3) is 0.400. The van der Waals surface area contributed by atoms with Gasteiger partial charge in [0.25, 0.3) is 0 Å². The summed E-state index contributed by atoms with van der Waals surface area (Å²) in [5.41, 5.74) is 4.52. The first kappa shape index (κ1) is 18.8. The number of anilines is 1. The van der Waals surface area contributed by atoms with Crippen LogP contribution in [0.2, 0.25) is 0 Å². The summed E-state index contributed by atoms with van der Waals surface area (Å²) in [4.78, 5) is 0. The van der Waals surface area contributed by atoms with Crippen LogP contribution in [-0.4, -0.2) is 13.2 Å². The lowest BCUT2D eigenvalue weighted by Gasteiger charge is -2.07. The summed E-state index contributed by atoms with van der Waals surface area (Å²) < 4.78 is 11.4. The molecule has 0 unspecified atom stereocenters. The number of ether oxygens (including phenoxy) is 2. The van der Waals surface area contributed by atoms with Crippen LogP contribution in [0.15, 0.2) is 58.9 Å². The molecule has 2 aromatic rings. The zero-order chi connectivity index (χ0) is 17.7. The van der Waals surface area contributed by atoms with Crippen LogP contribution in [0.5, 0.6) is 11.5 Å². The molecule has 0 radical (unpaired) electrons. The van der Waals surface area contributed by atoms with Crippen molar-refractivity contribution in [3.05, 3.63) is 48.5 Å². The molecule has 0 heterocycles. The van der Waals surface area contributed by atoms with Crippen molar-refractivity contribution in [2.24, 2.45) is 10.3 Å². The Morgan fingerprint density at radius 3 is 2.16 bits per heavy atom. The Hall–Kier alpha value is -2.56. The molecule has 2 rings (SSSR count). The second-order valence-electron chi connectivity index (χ2n) is 5.74. The molecule has 5 nitrogen and oxygen atoms in total. The van der Waals surface area contributed by atoms with Gasteiger partial charge in [-0.15, -0.1) is 5.11 Å². The Balaban J connectivity index is 1.88. The lowest BCUT2D eigenvalue weighted by atomic mass is 10.3. The van der Waals surface area contributed by atoms with Crippen molar-refractivity contribution < 1.29 is 9.47 Å². The van der Waals surface area contributed by atoms with Gasteiger partial charge in [-0.25, -0.2) is 0 Å². The minimum Gasteiger partial charge on any atom is -0.494 e. The summed E-state index contributed by atoms with van der Waals surface area (Å²) in [6.07, 6.45) is 4.33. The molecule has 0 amide bonds. The minimum atomic E-state index is 0.722. The molecule has 0 aromatic heterocycles. The molecule has 0 fully saturated rings. The monoisotopic (exact) mass is 341 g/mol. The van der Waals surface area contributed by atoms with E-state index in [0.29, 0.717) is 0 Å². The maximum Gasteiger partial charge on any atom is 0.121 e. The van der Waals surface area contributed by atoms with E-state index < -0.39 is 0 Å². The first-order valence-corrected chi connectivity index (χ1v) is 8.94. The van der Waals surface area contributed by atoms with Crippen molar-refractivity contribution in [3.63, 3.8) is 0 Å². The fourth-order valence-corrected chi connectivity index (χ4v) is 2.10. The van der Waals surface area contributed by atoms with Crippen LogP contribution in [0.4, 0.5) is 11.4 Å². The molecule has 0 atom stereocenters. The molecule has 0 bridgehead atoms. The first-order chi connectivity index (χ1) is 12.3.